The van der Waals surface area contributed by atoms with E-state index in [-0.39, 0.29) is 11.8 Å². The van der Waals surface area contributed by atoms with Crippen molar-refractivity contribution in [1.29, 1.82) is 0 Å². The second kappa shape index (κ2) is 5.08. The van der Waals surface area contributed by atoms with E-state index in [1.54, 1.807) is 31.4 Å². The van der Waals surface area contributed by atoms with E-state index >= 15 is 0 Å². The highest BCUT2D eigenvalue weighted by molar-refractivity contribution is 5.87. The molecule has 5 nitrogen and oxygen atoms in total. The first kappa shape index (κ1) is 12.4. The van der Waals surface area contributed by atoms with Crippen molar-refractivity contribution in [2.45, 2.75) is 18.9 Å². The first-order valence-corrected chi connectivity index (χ1v) is 5.79. The molecule has 96 valence electrons. The number of amides is 1. The summed E-state index contributed by atoms with van der Waals surface area (Å²) in [6.45, 7) is 0. The number of aliphatic carboxylic acids is 1. The average Bonchev–Trinajstić information content (AvgIpc) is 3.20. The van der Waals surface area contributed by atoms with Crippen LogP contribution in [-0.2, 0) is 9.59 Å². The standard InChI is InChI=1S/C13H15NO4/c1-18-10-6-4-8(5-7-10)11(13(16)17)14-12(15)9-2-3-9/h4-7,9,11H,2-3H2,1H3,(H,14,15)(H,16,17). The number of carboxylic acid groups (broad SMARTS) is 1. The predicted molar refractivity (Wildman–Crippen MR) is 64.2 cm³/mol. The van der Waals surface area contributed by atoms with Crippen molar-refractivity contribution in [2.24, 2.45) is 5.92 Å². The molecule has 5 heteroatoms. The lowest BCUT2D eigenvalue weighted by molar-refractivity contribution is -0.142. The van der Waals surface area contributed by atoms with Crippen LogP contribution in [0.5, 0.6) is 5.75 Å². The summed E-state index contributed by atoms with van der Waals surface area (Å²) in [4.78, 5) is 22.8. The lowest BCUT2D eigenvalue weighted by atomic mass is 10.1. The Hall–Kier alpha value is -2.04. The van der Waals surface area contributed by atoms with Gasteiger partial charge in [-0.15, -0.1) is 0 Å². The van der Waals surface area contributed by atoms with Crippen LogP contribution in [0.25, 0.3) is 0 Å². The number of hydrogen-bond acceptors (Lipinski definition) is 3. The molecule has 2 N–H and O–H groups in total. The van der Waals surface area contributed by atoms with Crippen molar-refractivity contribution in [3.63, 3.8) is 0 Å². The zero-order chi connectivity index (χ0) is 13.1. The molecule has 1 saturated carbocycles. The van der Waals surface area contributed by atoms with E-state index in [1.807, 2.05) is 0 Å². The second-order valence-corrected chi connectivity index (χ2v) is 4.33. The molecule has 0 bridgehead atoms. The maximum Gasteiger partial charge on any atom is 0.330 e. The summed E-state index contributed by atoms with van der Waals surface area (Å²) in [5.41, 5.74) is 0.539. The molecule has 1 fully saturated rings. The van der Waals surface area contributed by atoms with Crippen molar-refractivity contribution < 1.29 is 19.4 Å². The molecule has 1 aromatic carbocycles. The molecule has 1 aromatic rings. The Morgan fingerprint density at radius 3 is 2.39 bits per heavy atom. The number of rotatable bonds is 5. The van der Waals surface area contributed by atoms with Gasteiger partial charge in [-0.25, -0.2) is 4.79 Å². The zero-order valence-electron chi connectivity index (χ0n) is 10.1. The number of carboxylic acids is 1. The van der Waals surface area contributed by atoms with Gasteiger partial charge in [0.15, 0.2) is 6.04 Å². The summed E-state index contributed by atoms with van der Waals surface area (Å²) >= 11 is 0. The SMILES string of the molecule is COc1ccc(C(NC(=O)C2CC2)C(=O)O)cc1. The first-order chi connectivity index (χ1) is 8.61. The molecule has 0 aromatic heterocycles. The van der Waals surface area contributed by atoms with Crippen LogP contribution >= 0.6 is 0 Å². The Labute approximate surface area is 105 Å². The molecule has 2 rings (SSSR count). The van der Waals surface area contributed by atoms with E-state index < -0.39 is 12.0 Å². The van der Waals surface area contributed by atoms with Crippen LogP contribution in [0.15, 0.2) is 24.3 Å². The maximum atomic E-state index is 11.6. The van der Waals surface area contributed by atoms with Crippen LogP contribution in [0.2, 0.25) is 0 Å². The summed E-state index contributed by atoms with van der Waals surface area (Å²) in [7, 11) is 1.54. The molecule has 1 atom stereocenters. The van der Waals surface area contributed by atoms with E-state index in [1.165, 1.54) is 0 Å². The highest BCUT2D eigenvalue weighted by Gasteiger charge is 2.33. The van der Waals surface area contributed by atoms with Gasteiger partial charge in [0, 0.05) is 5.92 Å². The molecule has 0 spiro atoms. The number of methoxy groups -OCH3 is 1. The van der Waals surface area contributed by atoms with E-state index in [4.69, 9.17) is 9.84 Å². The molecule has 0 aliphatic heterocycles. The van der Waals surface area contributed by atoms with Gasteiger partial charge in [-0.05, 0) is 30.5 Å². The number of hydrogen-bond donors (Lipinski definition) is 2. The van der Waals surface area contributed by atoms with Crippen LogP contribution in [0.4, 0.5) is 0 Å². The number of nitrogens with one attached hydrogen (secondary N) is 1. The topological polar surface area (TPSA) is 75.6 Å². The summed E-state index contributed by atoms with van der Waals surface area (Å²) < 4.78 is 5.00. The number of carbonyl (C=O) groups excluding carboxylic acids is 1. The fourth-order valence-electron chi connectivity index (χ4n) is 1.69. The van der Waals surface area contributed by atoms with Gasteiger partial charge in [0.1, 0.15) is 5.75 Å². The summed E-state index contributed by atoms with van der Waals surface area (Å²) in [6, 6.07) is 5.64. The molecule has 0 heterocycles. The molecular weight excluding hydrogens is 234 g/mol. The highest BCUT2D eigenvalue weighted by Crippen LogP contribution is 2.30. The summed E-state index contributed by atoms with van der Waals surface area (Å²) in [5.74, 6) is -0.603. The minimum atomic E-state index is -1.06. The summed E-state index contributed by atoms with van der Waals surface area (Å²) in [6.07, 6.45) is 1.70. The van der Waals surface area contributed by atoms with Crippen LogP contribution in [-0.4, -0.2) is 24.1 Å². The Balaban J connectivity index is 2.12. The monoisotopic (exact) mass is 249 g/mol. The lowest BCUT2D eigenvalue weighted by Gasteiger charge is -2.15. The quantitative estimate of drug-likeness (QED) is 0.825. The van der Waals surface area contributed by atoms with Crippen molar-refractivity contribution in [3.05, 3.63) is 29.8 Å². The van der Waals surface area contributed by atoms with Crippen LogP contribution in [0, 0.1) is 5.92 Å². The van der Waals surface area contributed by atoms with Gasteiger partial charge in [0.25, 0.3) is 0 Å². The van der Waals surface area contributed by atoms with Crippen molar-refractivity contribution in [3.8, 4) is 5.75 Å². The molecule has 0 saturated heterocycles. The second-order valence-electron chi connectivity index (χ2n) is 4.33. The predicted octanol–water partition coefficient (Wildman–Crippen LogP) is 1.35. The molecular formula is C13H15NO4. The number of benzene rings is 1. The third-order valence-corrected chi connectivity index (χ3v) is 2.93. The van der Waals surface area contributed by atoms with E-state index in [0.29, 0.717) is 11.3 Å². The van der Waals surface area contributed by atoms with Gasteiger partial charge in [0.2, 0.25) is 5.91 Å². The first-order valence-electron chi connectivity index (χ1n) is 5.79. The Kier molecular flexibility index (Phi) is 3.50. The van der Waals surface area contributed by atoms with Gasteiger partial charge < -0.3 is 15.2 Å². The van der Waals surface area contributed by atoms with Crippen molar-refractivity contribution >= 4 is 11.9 Å². The van der Waals surface area contributed by atoms with Gasteiger partial charge in [0.05, 0.1) is 7.11 Å². The average molecular weight is 249 g/mol. The third kappa shape index (κ3) is 2.80. The van der Waals surface area contributed by atoms with Crippen molar-refractivity contribution in [1.82, 2.24) is 5.32 Å². The maximum absolute atomic E-state index is 11.6. The molecule has 1 aliphatic carbocycles. The normalized spacial score (nSPS) is 15.8. The van der Waals surface area contributed by atoms with Crippen LogP contribution < -0.4 is 10.1 Å². The third-order valence-electron chi connectivity index (χ3n) is 2.93. The Bertz CT molecular complexity index is 451. The van der Waals surface area contributed by atoms with Gasteiger partial charge in [-0.2, -0.15) is 0 Å². The van der Waals surface area contributed by atoms with Gasteiger partial charge >= 0.3 is 5.97 Å². The molecule has 0 radical (unpaired) electrons. The molecule has 1 unspecified atom stereocenters. The highest BCUT2D eigenvalue weighted by atomic mass is 16.5. The van der Waals surface area contributed by atoms with E-state index in [2.05, 4.69) is 5.32 Å². The minimum absolute atomic E-state index is 0.00917. The fraction of sp³-hybridized carbons (Fsp3) is 0.385. The molecule has 1 aliphatic rings. The van der Waals surface area contributed by atoms with Gasteiger partial charge in [-0.3, -0.25) is 4.79 Å². The smallest absolute Gasteiger partial charge is 0.330 e. The van der Waals surface area contributed by atoms with E-state index in [9.17, 15) is 9.59 Å². The Morgan fingerprint density at radius 1 is 1.33 bits per heavy atom. The summed E-state index contributed by atoms with van der Waals surface area (Å²) in [5, 5.41) is 11.7. The largest absolute Gasteiger partial charge is 0.497 e. The zero-order valence-corrected chi connectivity index (χ0v) is 10.1. The van der Waals surface area contributed by atoms with Crippen molar-refractivity contribution in [2.75, 3.05) is 7.11 Å². The van der Waals surface area contributed by atoms with Crippen LogP contribution in [0.3, 0.4) is 0 Å². The number of carbonyl (C=O) groups is 2. The van der Waals surface area contributed by atoms with Crippen LogP contribution in [0.1, 0.15) is 24.4 Å². The fourth-order valence-corrected chi connectivity index (χ4v) is 1.69. The van der Waals surface area contributed by atoms with E-state index in [0.717, 1.165) is 12.8 Å². The number of ether oxygens (including phenoxy) is 1. The minimum Gasteiger partial charge on any atom is -0.497 e. The lowest BCUT2D eigenvalue weighted by Crippen LogP contribution is -2.34. The molecule has 1 amide bonds. The Morgan fingerprint density at radius 2 is 1.94 bits per heavy atom. The molecule has 18 heavy (non-hydrogen) atoms. The van der Waals surface area contributed by atoms with Gasteiger partial charge in [-0.1, -0.05) is 12.1 Å².